The minimum Gasteiger partial charge on any atom is -0.486 e. The number of unbranched alkanes of at least 4 members (excludes halogenated alkanes) is 2. The van der Waals surface area contributed by atoms with Crippen LogP contribution in [0, 0.1) is 0 Å². The standard InChI is InChI=1S/C22H24N4O2/c1-3-4-5-8-16-11-13-17(14-12-16)28-15-20-23-24-22-25(2)21(27)18-9-6-7-10-19(18)26(20)22/h6-7,9-14H,3-5,8,15H2,1-2H3. The molecule has 0 saturated carbocycles. The lowest BCUT2D eigenvalue weighted by molar-refractivity contribution is 0.295. The number of rotatable bonds is 7. The highest BCUT2D eigenvalue weighted by molar-refractivity contribution is 5.80. The summed E-state index contributed by atoms with van der Waals surface area (Å²) in [6, 6.07) is 15.7. The summed E-state index contributed by atoms with van der Waals surface area (Å²) in [4.78, 5) is 12.5. The summed E-state index contributed by atoms with van der Waals surface area (Å²) < 4.78 is 9.35. The molecule has 4 rings (SSSR count). The summed E-state index contributed by atoms with van der Waals surface area (Å²) in [6.45, 7) is 2.49. The number of ether oxygens (including phenoxy) is 1. The van der Waals surface area contributed by atoms with Crippen LogP contribution in [0.5, 0.6) is 5.75 Å². The van der Waals surface area contributed by atoms with E-state index in [1.165, 1.54) is 29.4 Å². The SMILES string of the molecule is CCCCCc1ccc(OCc2nnc3n(C)c(=O)c4ccccc4n23)cc1. The van der Waals surface area contributed by atoms with Crippen LogP contribution in [-0.2, 0) is 20.1 Å². The Morgan fingerprint density at radius 1 is 1.00 bits per heavy atom. The van der Waals surface area contributed by atoms with Crippen LogP contribution in [0.15, 0.2) is 53.3 Å². The Kier molecular flexibility index (Phi) is 5.10. The van der Waals surface area contributed by atoms with Gasteiger partial charge in [-0.05, 0) is 42.7 Å². The number of nitrogens with zero attached hydrogens (tertiary/aromatic N) is 4. The fourth-order valence-corrected chi connectivity index (χ4v) is 3.46. The van der Waals surface area contributed by atoms with Crippen LogP contribution in [0.3, 0.4) is 0 Å². The van der Waals surface area contributed by atoms with Gasteiger partial charge in [-0.25, -0.2) is 0 Å². The van der Waals surface area contributed by atoms with Crippen molar-refractivity contribution in [3.05, 3.63) is 70.3 Å². The number of aromatic nitrogens is 4. The van der Waals surface area contributed by atoms with Gasteiger partial charge < -0.3 is 4.74 Å². The first-order valence-electron chi connectivity index (χ1n) is 9.72. The second-order valence-corrected chi connectivity index (χ2v) is 7.02. The van der Waals surface area contributed by atoms with Gasteiger partial charge in [0.05, 0.1) is 10.9 Å². The van der Waals surface area contributed by atoms with Gasteiger partial charge in [-0.15, -0.1) is 10.2 Å². The Morgan fingerprint density at radius 2 is 1.79 bits per heavy atom. The van der Waals surface area contributed by atoms with Gasteiger partial charge in [0, 0.05) is 7.05 Å². The molecule has 2 heterocycles. The Labute approximate surface area is 163 Å². The molecule has 2 aromatic carbocycles. The van der Waals surface area contributed by atoms with Crippen LogP contribution in [0.1, 0.15) is 37.6 Å². The molecular weight excluding hydrogens is 352 g/mol. The third-order valence-corrected chi connectivity index (χ3v) is 5.05. The lowest BCUT2D eigenvalue weighted by Gasteiger charge is -2.09. The number of aryl methyl sites for hydroxylation is 2. The number of hydrogen-bond donors (Lipinski definition) is 0. The maximum absolute atomic E-state index is 12.5. The van der Waals surface area contributed by atoms with E-state index in [9.17, 15) is 4.79 Å². The first-order valence-corrected chi connectivity index (χ1v) is 9.72. The van der Waals surface area contributed by atoms with Gasteiger partial charge in [0.25, 0.3) is 5.56 Å². The molecule has 2 aromatic heterocycles. The van der Waals surface area contributed by atoms with Gasteiger partial charge in [0.15, 0.2) is 5.82 Å². The summed E-state index contributed by atoms with van der Waals surface area (Å²) in [5.74, 6) is 1.97. The molecule has 4 aromatic rings. The van der Waals surface area contributed by atoms with Crippen LogP contribution in [0.2, 0.25) is 0 Å². The third-order valence-electron chi connectivity index (χ3n) is 5.05. The van der Waals surface area contributed by atoms with Crippen LogP contribution >= 0.6 is 0 Å². The first-order chi connectivity index (χ1) is 13.7. The molecule has 0 aliphatic rings. The molecule has 0 fully saturated rings. The van der Waals surface area contributed by atoms with Crippen LogP contribution in [0.25, 0.3) is 16.7 Å². The Bertz CT molecular complexity index is 1160. The van der Waals surface area contributed by atoms with E-state index < -0.39 is 0 Å². The molecule has 0 N–H and O–H groups in total. The molecule has 0 aliphatic heterocycles. The molecule has 6 nitrogen and oxygen atoms in total. The summed E-state index contributed by atoms with van der Waals surface area (Å²) in [5, 5.41) is 9.09. The normalized spacial score (nSPS) is 11.4. The van der Waals surface area contributed by atoms with Crippen molar-refractivity contribution >= 4 is 16.7 Å². The van der Waals surface area contributed by atoms with Gasteiger partial charge in [-0.3, -0.25) is 13.8 Å². The number of fused-ring (bicyclic) bond motifs is 3. The zero-order valence-corrected chi connectivity index (χ0v) is 16.3. The predicted molar refractivity (Wildman–Crippen MR) is 110 cm³/mol. The second kappa shape index (κ2) is 7.84. The van der Waals surface area contributed by atoms with E-state index in [2.05, 4.69) is 29.3 Å². The molecule has 0 aliphatic carbocycles. The molecule has 0 radical (unpaired) electrons. The fraction of sp³-hybridized carbons (Fsp3) is 0.318. The van der Waals surface area contributed by atoms with Crippen molar-refractivity contribution in [3.63, 3.8) is 0 Å². The topological polar surface area (TPSA) is 61.4 Å². The second-order valence-electron chi connectivity index (χ2n) is 7.02. The van der Waals surface area contributed by atoms with Crippen molar-refractivity contribution in [2.75, 3.05) is 0 Å². The molecule has 0 atom stereocenters. The van der Waals surface area contributed by atoms with E-state index in [1.807, 2.05) is 40.8 Å². The minimum atomic E-state index is -0.0818. The monoisotopic (exact) mass is 376 g/mol. The van der Waals surface area contributed by atoms with Crippen molar-refractivity contribution in [1.82, 2.24) is 19.2 Å². The average Bonchev–Trinajstić information content (AvgIpc) is 3.16. The molecule has 0 amide bonds. The van der Waals surface area contributed by atoms with E-state index in [0.717, 1.165) is 17.7 Å². The van der Waals surface area contributed by atoms with Crippen molar-refractivity contribution in [2.24, 2.45) is 7.05 Å². The maximum Gasteiger partial charge on any atom is 0.262 e. The summed E-state index contributed by atoms with van der Waals surface area (Å²) in [5.41, 5.74) is 2.03. The fourth-order valence-electron chi connectivity index (χ4n) is 3.46. The average molecular weight is 376 g/mol. The highest BCUT2D eigenvalue weighted by atomic mass is 16.5. The number of hydrogen-bond acceptors (Lipinski definition) is 4. The zero-order chi connectivity index (χ0) is 19.5. The summed E-state index contributed by atoms with van der Waals surface area (Å²) in [6.07, 6.45) is 4.81. The van der Waals surface area contributed by atoms with E-state index >= 15 is 0 Å². The highest BCUT2D eigenvalue weighted by Gasteiger charge is 2.14. The quantitative estimate of drug-likeness (QED) is 0.459. The Balaban J connectivity index is 1.58. The molecule has 0 bridgehead atoms. The van der Waals surface area contributed by atoms with Crippen LogP contribution < -0.4 is 10.3 Å². The molecule has 0 unspecified atom stereocenters. The number of benzene rings is 2. The van der Waals surface area contributed by atoms with Crippen LogP contribution in [-0.4, -0.2) is 19.2 Å². The zero-order valence-electron chi connectivity index (χ0n) is 16.3. The lowest BCUT2D eigenvalue weighted by atomic mass is 10.1. The Morgan fingerprint density at radius 3 is 2.57 bits per heavy atom. The number of para-hydroxylation sites is 1. The van der Waals surface area contributed by atoms with E-state index in [0.29, 0.717) is 17.0 Å². The first kappa shape index (κ1) is 18.2. The molecule has 0 spiro atoms. The molecular formula is C22H24N4O2. The van der Waals surface area contributed by atoms with Crippen molar-refractivity contribution in [2.45, 2.75) is 39.2 Å². The van der Waals surface area contributed by atoms with Gasteiger partial charge in [0.1, 0.15) is 12.4 Å². The van der Waals surface area contributed by atoms with E-state index in [1.54, 1.807) is 7.05 Å². The van der Waals surface area contributed by atoms with Gasteiger partial charge in [-0.2, -0.15) is 0 Å². The lowest BCUT2D eigenvalue weighted by Crippen LogP contribution is -2.20. The molecule has 6 heteroatoms. The predicted octanol–water partition coefficient (Wildman–Crippen LogP) is 3.89. The smallest absolute Gasteiger partial charge is 0.262 e. The highest BCUT2D eigenvalue weighted by Crippen LogP contribution is 2.18. The van der Waals surface area contributed by atoms with E-state index in [4.69, 9.17) is 4.74 Å². The molecule has 0 saturated heterocycles. The van der Waals surface area contributed by atoms with Gasteiger partial charge in [0.2, 0.25) is 5.78 Å². The third kappa shape index (κ3) is 3.38. The van der Waals surface area contributed by atoms with E-state index in [-0.39, 0.29) is 12.2 Å². The van der Waals surface area contributed by atoms with Crippen molar-refractivity contribution in [3.8, 4) is 5.75 Å². The summed E-state index contributed by atoms with van der Waals surface area (Å²) in [7, 11) is 1.71. The minimum absolute atomic E-state index is 0.0818. The van der Waals surface area contributed by atoms with Crippen molar-refractivity contribution in [1.29, 1.82) is 0 Å². The largest absolute Gasteiger partial charge is 0.486 e. The van der Waals surface area contributed by atoms with Gasteiger partial charge in [-0.1, -0.05) is 44.0 Å². The maximum atomic E-state index is 12.5. The van der Waals surface area contributed by atoms with Crippen LogP contribution in [0.4, 0.5) is 0 Å². The summed E-state index contributed by atoms with van der Waals surface area (Å²) >= 11 is 0. The molecule has 28 heavy (non-hydrogen) atoms. The Hall–Kier alpha value is -3.15. The van der Waals surface area contributed by atoms with Crippen molar-refractivity contribution < 1.29 is 4.74 Å². The van der Waals surface area contributed by atoms with Gasteiger partial charge >= 0.3 is 0 Å². The molecule has 144 valence electrons.